The van der Waals surface area contributed by atoms with Gasteiger partial charge in [-0.25, -0.2) is 9.68 Å². The fourth-order valence-corrected chi connectivity index (χ4v) is 2.39. The van der Waals surface area contributed by atoms with Gasteiger partial charge in [0.05, 0.1) is 13.7 Å². The van der Waals surface area contributed by atoms with Crippen LogP contribution in [0.5, 0.6) is 0 Å². The predicted octanol–water partition coefficient (Wildman–Crippen LogP) is 2.11. The van der Waals surface area contributed by atoms with Crippen LogP contribution in [0.1, 0.15) is 39.0 Å². The Morgan fingerprint density at radius 3 is 2.61 bits per heavy atom. The minimum Gasteiger partial charge on any atom is -0.466 e. The van der Waals surface area contributed by atoms with Crippen LogP contribution in [0.2, 0.25) is 0 Å². The molecule has 0 aromatic rings. The highest BCUT2D eigenvalue weighted by Crippen LogP contribution is 2.39. The lowest BCUT2D eigenvalue weighted by Gasteiger charge is -2.27. The van der Waals surface area contributed by atoms with Crippen molar-refractivity contribution in [2.45, 2.75) is 50.4 Å². The maximum Gasteiger partial charge on any atom is 0.330 e. The van der Waals surface area contributed by atoms with Crippen LogP contribution in [-0.4, -0.2) is 31.1 Å². The van der Waals surface area contributed by atoms with E-state index in [1.807, 2.05) is 0 Å². The molecule has 1 atom stereocenters. The average molecular weight is 256 g/mol. The summed E-state index contributed by atoms with van der Waals surface area (Å²) >= 11 is 0. The third kappa shape index (κ3) is 3.10. The number of hydrogen-bond acceptors (Lipinski definition) is 5. The molecule has 0 amide bonds. The fourth-order valence-electron chi connectivity index (χ4n) is 2.39. The largest absolute Gasteiger partial charge is 0.466 e. The van der Waals surface area contributed by atoms with Gasteiger partial charge in [-0.15, -0.1) is 0 Å². The number of carbonyl (C=O) groups excluding carboxylic acids is 1. The van der Waals surface area contributed by atoms with Crippen LogP contribution in [0.3, 0.4) is 0 Å². The van der Waals surface area contributed by atoms with Crippen LogP contribution in [0, 0.1) is 0 Å². The van der Waals surface area contributed by atoms with Gasteiger partial charge < -0.3 is 9.47 Å². The van der Waals surface area contributed by atoms with E-state index in [1.165, 1.54) is 19.3 Å². The van der Waals surface area contributed by atoms with Gasteiger partial charge in [0.2, 0.25) is 5.79 Å². The Balaban J connectivity index is 1.98. The molecule has 18 heavy (non-hydrogen) atoms. The number of carbonyl (C=O) groups is 1. The van der Waals surface area contributed by atoms with Crippen molar-refractivity contribution in [3.63, 3.8) is 0 Å². The predicted molar refractivity (Wildman–Crippen MR) is 63.5 cm³/mol. The Labute approximate surface area is 107 Å². The minimum absolute atomic E-state index is 0.198. The normalized spacial score (nSPS) is 31.7. The number of rotatable bonds is 2. The maximum absolute atomic E-state index is 11.1. The van der Waals surface area contributed by atoms with Crippen molar-refractivity contribution in [2.75, 3.05) is 13.7 Å². The van der Waals surface area contributed by atoms with Gasteiger partial charge in [-0.3, -0.25) is 0 Å². The van der Waals surface area contributed by atoms with Gasteiger partial charge in [0.1, 0.15) is 5.60 Å². The standard InChI is InChI=1S/C13H20O5/c1-12(8-5-11(14)15-2)16-10-9-13(18-17-12)6-3-4-7-13/h5,8H,3-4,6-7,9-10H2,1-2H3/b8-5+. The Bertz CT molecular complexity index is 332. The molecule has 0 bridgehead atoms. The summed E-state index contributed by atoms with van der Waals surface area (Å²) in [4.78, 5) is 22.1. The molecule has 1 heterocycles. The molecule has 1 aliphatic carbocycles. The van der Waals surface area contributed by atoms with Crippen LogP contribution in [0.15, 0.2) is 12.2 Å². The molecule has 2 rings (SSSR count). The van der Waals surface area contributed by atoms with E-state index in [4.69, 9.17) is 14.5 Å². The Morgan fingerprint density at radius 1 is 1.22 bits per heavy atom. The topological polar surface area (TPSA) is 54.0 Å². The van der Waals surface area contributed by atoms with Gasteiger partial charge in [-0.2, -0.15) is 4.89 Å². The Kier molecular flexibility index (Phi) is 4.04. The first-order chi connectivity index (χ1) is 8.58. The molecule has 2 aliphatic rings. The van der Waals surface area contributed by atoms with Crippen LogP contribution in [0.4, 0.5) is 0 Å². The maximum atomic E-state index is 11.1. The number of ether oxygens (including phenoxy) is 2. The molecule has 5 heteroatoms. The van der Waals surface area contributed by atoms with Crippen molar-refractivity contribution in [3.8, 4) is 0 Å². The molecule has 0 aromatic heterocycles. The molecule has 0 aromatic carbocycles. The van der Waals surface area contributed by atoms with E-state index in [0.717, 1.165) is 32.1 Å². The van der Waals surface area contributed by atoms with E-state index in [0.29, 0.717) is 6.61 Å². The number of hydrogen-bond donors (Lipinski definition) is 0. The molecule has 5 nitrogen and oxygen atoms in total. The van der Waals surface area contributed by atoms with Crippen LogP contribution < -0.4 is 0 Å². The van der Waals surface area contributed by atoms with Crippen molar-refractivity contribution in [2.24, 2.45) is 0 Å². The first kappa shape index (κ1) is 13.5. The third-order valence-electron chi connectivity index (χ3n) is 3.57. The smallest absolute Gasteiger partial charge is 0.330 e. The summed E-state index contributed by atoms with van der Waals surface area (Å²) in [6.45, 7) is 2.28. The molecule has 1 saturated heterocycles. The summed E-state index contributed by atoms with van der Waals surface area (Å²) in [6, 6.07) is 0. The molecular weight excluding hydrogens is 236 g/mol. The van der Waals surface area contributed by atoms with E-state index < -0.39 is 11.8 Å². The van der Waals surface area contributed by atoms with E-state index in [-0.39, 0.29) is 5.60 Å². The van der Waals surface area contributed by atoms with Gasteiger partial charge in [-0.05, 0) is 25.8 Å². The van der Waals surface area contributed by atoms with Crippen LogP contribution in [-0.2, 0) is 24.0 Å². The molecule has 102 valence electrons. The first-order valence-electron chi connectivity index (χ1n) is 6.36. The van der Waals surface area contributed by atoms with Gasteiger partial charge in [0.15, 0.2) is 0 Å². The molecule has 0 N–H and O–H groups in total. The number of methoxy groups -OCH3 is 1. The van der Waals surface area contributed by atoms with Crippen molar-refractivity contribution in [3.05, 3.63) is 12.2 Å². The zero-order chi connectivity index (χ0) is 13.1. The van der Waals surface area contributed by atoms with E-state index in [1.54, 1.807) is 6.92 Å². The van der Waals surface area contributed by atoms with Crippen molar-refractivity contribution < 1.29 is 24.0 Å². The summed E-state index contributed by atoms with van der Waals surface area (Å²) in [7, 11) is 1.33. The highest BCUT2D eigenvalue weighted by atomic mass is 17.2. The molecule has 1 aliphatic heterocycles. The SMILES string of the molecule is COC(=O)/C=C/C1(C)OCCC2(CCCC2)OO1. The van der Waals surface area contributed by atoms with Crippen LogP contribution in [0.25, 0.3) is 0 Å². The molecule has 1 unspecified atom stereocenters. The highest BCUT2D eigenvalue weighted by Gasteiger charge is 2.41. The van der Waals surface area contributed by atoms with Gasteiger partial charge >= 0.3 is 5.97 Å². The summed E-state index contributed by atoms with van der Waals surface area (Å²) in [5.74, 6) is -1.47. The van der Waals surface area contributed by atoms with Gasteiger partial charge in [0, 0.05) is 12.5 Å². The quantitative estimate of drug-likeness (QED) is 0.430. The molecule has 1 saturated carbocycles. The van der Waals surface area contributed by atoms with Crippen LogP contribution >= 0.6 is 0 Å². The van der Waals surface area contributed by atoms with E-state index in [2.05, 4.69) is 4.74 Å². The lowest BCUT2D eigenvalue weighted by molar-refractivity contribution is -0.429. The second kappa shape index (κ2) is 5.38. The summed E-state index contributed by atoms with van der Waals surface area (Å²) in [6.07, 6.45) is 7.98. The second-order valence-electron chi connectivity index (χ2n) is 5.03. The summed E-state index contributed by atoms with van der Waals surface area (Å²) in [5, 5.41) is 0. The molecule has 0 radical (unpaired) electrons. The Morgan fingerprint density at radius 2 is 1.94 bits per heavy atom. The molecule has 2 fully saturated rings. The highest BCUT2D eigenvalue weighted by molar-refractivity contribution is 5.81. The monoisotopic (exact) mass is 256 g/mol. The summed E-state index contributed by atoms with van der Waals surface area (Å²) < 4.78 is 10.2. The lowest BCUT2D eigenvalue weighted by atomic mass is 9.99. The molecular formula is C13H20O5. The zero-order valence-corrected chi connectivity index (χ0v) is 10.9. The van der Waals surface area contributed by atoms with Gasteiger partial charge in [0.25, 0.3) is 0 Å². The lowest BCUT2D eigenvalue weighted by Crippen LogP contribution is -2.32. The van der Waals surface area contributed by atoms with E-state index >= 15 is 0 Å². The first-order valence-corrected chi connectivity index (χ1v) is 6.36. The van der Waals surface area contributed by atoms with Crippen molar-refractivity contribution >= 4 is 5.97 Å². The van der Waals surface area contributed by atoms with E-state index in [9.17, 15) is 4.79 Å². The Hall–Kier alpha value is -0.910. The third-order valence-corrected chi connectivity index (χ3v) is 3.57. The summed E-state index contributed by atoms with van der Waals surface area (Å²) in [5.41, 5.74) is -0.198. The fraction of sp³-hybridized carbons (Fsp3) is 0.769. The number of esters is 1. The van der Waals surface area contributed by atoms with Crippen molar-refractivity contribution in [1.82, 2.24) is 0 Å². The minimum atomic E-state index is -1.03. The van der Waals surface area contributed by atoms with Crippen molar-refractivity contribution in [1.29, 1.82) is 0 Å². The average Bonchev–Trinajstić information content (AvgIpc) is 2.76. The van der Waals surface area contributed by atoms with Gasteiger partial charge in [-0.1, -0.05) is 12.8 Å². The molecule has 1 spiro atoms. The second-order valence-corrected chi connectivity index (χ2v) is 5.03. The zero-order valence-electron chi connectivity index (χ0n) is 10.9.